The van der Waals surface area contributed by atoms with Gasteiger partial charge in [0.15, 0.2) is 0 Å². The fourth-order valence-corrected chi connectivity index (χ4v) is 3.37. The summed E-state index contributed by atoms with van der Waals surface area (Å²) in [6.45, 7) is 0. The summed E-state index contributed by atoms with van der Waals surface area (Å²) in [7, 11) is 0. The van der Waals surface area contributed by atoms with Gasteiger partial charge in [0.05, 0.1) is 11.8 Å². The minimum Gasteiger partial charge on any atom is -0.344 e. The third-order valence-electron chi connectivity index (χ3n) is 3.75. The van der Waals surface area contributed by atoms with Crippen LogP contribution in [0.5, 0.6) is 0 Å². The highest BCUT2D eigenvalue weighted by Crippen LogP contribution is 2.23. The highest BCUT2D eigenvalue weighted by molar-refractivity contribution is 8.00. The summed E-state index contributed by atoms with van der Waals surface area (Å²) in [5, 5.41) is 3.84. The van der Waals surface area contributed by atoms with Crippen LogP contribution in [0.25, 0.3) is 0 Å². The number of amides is 1. The van der Waals surface area contributed by atoms with Crippen LogP contribution in [0.4, 0.5) is 0 Å². The van der Waals surface area contributed by atoms with Crippen LogP contribution in [-0.4, -0.2) is 11.7 Å². The molecule has 3 rings (SSSR count). The lowest BCUT2D eigenvalue weighted by Gasteiger charge is -2.20. The minimum absolute atomic E-state index is 0.00217. The predicted molar refractivity (Wildman–Crippen MR) is 105 cm³/mol. The van der Waals surface area contributed by atoms with Crippen LogP contribution in [0, 0.1) is 0 Å². The molecule has 0 bridgehead atoms. The molecular weight excluding hydrogens is 350 g/mol. The second-order valence-corrected chi connectivity index (χ2v) is 7.05. The van der Waals surface area contributed by atoms with Gasteiger partial charge in [0, 0.05) is 9.92 Å². The molecule has 0 saturated carbocycles. The number of thioether (sulfide) groups is 1. The van der Waals surface area contributed by atoms with Crippen LogP contribution in [0.2, 0.25) is 5.02 Å². The molecule has 0 aliphatic carbocycles. The Morgan fingerprint density at radius 2 is 1.36 bits per heavy atom. The summed E-state index contributed by atoms with van der Waals surface area (Å²) >= 11 is 7.39. The molecular formula is C21H18ClNOS. The van der Waals surface area contributed by atoms with Crippen molar-refractivity contribution in [2.24, 2.45) is 0 Å². The van der Waals surface area contributed by atoms with Gasteiger partial charge in [-0.15, -0.1) is 11.8 Å². The molecule has 0 aromatic heterocycles. The number of hydrogen-bond acceptors (Lipinski definition) is 2. The summed E-state index contributed by atoms with van der Waals surface area (Å²) in [5.74, 6) is 0.357. The van der Waals surface area contributed by atoms with Crippen molar-refractivity contribution in [2.75, 3.05) is 5.75 Å². The lowest BCUT2D eigenvalue weighted by Crippen LogP contribution is -2.30. The molecule has 0 fully saturated rings. The van der Waals surface area contributed by atoms with Crippen molar-refractivity contribution < 1.29 is 4.79 Å². The van der Waals surface area contributed by atoms with E-state index < -0.39 is 0 Å². The minimum atomic E-state index is -0.152. The maximum atomic E-state index is 12.5. The standard InChI is InChI=1S/C21H18ClNOS/c22-18-11-13-19(14-12-18)25-15-20(24)23-21(16-7-3-1-4-8-16)17-9-5-2-6-10-17/h1-14,21H,15H2,(H,23,24). The number of carbonyl (C=O) groups excluding carboxylic acids is 1. The van der Waals surface area contributed by atoms with Gasteiger partial charge in [-0.2, -0.15) is 0 Å². The molecule has 0 unspecified atom stereocenters. The zero-order chi connectivity index (χ0) is 17.5. The van der Waals surface area contributed by atoms with Gasteiger partial charge >= 0.3 is 0 Å². The van der Waals surface area contributed by atoms with E-state index in [2.05, 4.69) is 5.32 Å². The van der Waals surface area contributed by atoms with E-state index in [0.29, 0.717) is 10.8 Å². The van der Waals surface area contributed by atoms with Crippen LogP contribution in [0.1, 0.15) is 17.2 Å². The van der Waals surface area contributed by atoms with E-state index in [0.717, 1.165) is 16.0 Å². The van der Waals surface area contributed by atoms with Crippen molar-refractivity contribution in [3.63, 3.8) is 0 Å². The highest BCUT2D eigenvalue weighted by Gasteiger charge is 2.16. The summed E-state index contributed by atoms with van der Waals surface area (Å²) < 4.78 is 0. The average Bonchev–Trinajstić information content (AvgIpc) is 2.67. The maximum absolute atomic E-state index is 12.5. The number of rotatable bonds is 6. The third kappa shape index (κ3) is 5.12. The highest BCUT2D eigenvalue weighted by atomic mass is 35.5. The van der Waals surface area contributed by atoms with E-state index in [1.54, 1.807) is 0 Å². The summed E-state index contributed by atoms with van der Waals surface area (Å²) in [6.07, 6.45) is 0. The third-order valence-corrected chi connectivity index (χ3v) is 5.02. The molecule has 3 aromatic rings. The van der Waals surface area contributed by atoms with E-state index in [-0.39, 0.29) is 11.9 Å². The van der Waals surface area contributed by atoms with Gasteiger partial charge in [0.25, 0.3) is 0 Å². The van der Waals surface area contributed by atoms with E-state index in [1.165, 1.54) is 11.8 Å². The first-order chi connectivity index (χ1) is 12.2. The van der Waals surface area contributed by atoms with Crippen molar-refractivity contribution in [1.82, 2.24) is 5.32 Å². The molecule has 1 amide bonds. The lowest BCUT2D eigenvalue weighted by atomic mass is 9.99. The SMILES string of the molecule is O=C(CSc1ccc(Cl)cc1)NC(c1ccccc1)c1ccccc1. The average molecular weight is 368 g/mol. The smallest absolute Gasteiger partial charge is 0.231 e. The van der Waals surface area contributed by atoms with Gasteiger partial charge in [-0.1, -0.05) is 72.3 Å². The van der Waals surface area contributed by atoms with Gasteiger partial charge in [-0.05, 0) is 35.4 Å². The number of halogens is 1. The Morgan fingerprint density at radius 1 is 0.840 bits per heavy atom. The van der Waals surface area contributed by atoms with Gasteiger partial charge in [0.1, 0.15) is 0 Å². The molecule has 1 N–H and O–H groups in total. The molecule has 126 valence electrons. The first-order valence-corrected chi connectivity index (χ1v) is 9.36. The van der Waals surface area contributed by atoms with Crippen LogP contribution >= 0.6 is 23.4 Å². The van der Waals surface area contributed by atoms with Crippen LogP contribution < -0.4 is 5.32 Å². The summed E-state index contributed by atoms with van der Waals surface area (Å²) in [5.41, 5.74) is 2.14. The second-order valence-electron chi connectivity index (χ2n) is 5.56. The first-order valence-electron chi connectivity index (χ1n) is 8.00. The van der Waals surface area contributed by atoms with Crippen molar-refractivity contribution in [3.05, 3.63) is 101 Å². The van der Waals surface area contributed by atoms with E-state index in [9.17, 15) is 4.79 Å². The number of benzene rings is 3. The van der Waals surface area contributed by atoms with E-state index in [4.69, 9.17) is 11.6 Å². The maximum Gasteiger partial charge on any atom is 0.231 e. The van der Waals surface area contributed by atoms with Crippen molar-refractivity contribution >= 4 is 29.3 Å². The van der Waals surface area contributed by atoms with Crippen molar-refractivity contribution in [2.45, 2.75) is 10.9 Å². The molecule has 0 saturated heterocycles. The Kier molecular flexibility index (Phi) is 6.15. The van der Waals surface area contributed by atoms with E-state index in [1.807, 2.05) is 84.9 Å². The zero-order valence-electron chi connectivity index (χ0n) is 13.6. The van der Waals surface area contributed by atoms with Gasteiger partial charge in [-0.3, -0.25) is 4.79 Å². The number of hydrogen-bond donors (Lipinski definition) is 1. The van der Waals surface area contributed by atoms with Gasteiger partial charge in [-0.25, -0.2) is 0 Å². The normalized spacial score (nSPS) is 10.6. The number of carbonyl (C=O) groups is 1. The fourth-order valence-electron chi connectivity index (χ4n) is 2.53. The molecule has 3 aromatic carbocycles. The molecule has 4 heteroatoms. The Labute approximate surface area is 157 Å². The summed E-state index contributed by atoms with van der Waals surface area (Å²) in [4.78, 5) is 13.5. The van der Waals surface area contributed by atoms with Crippen molar-refractivity contribution in [1.29, 1.82) is 0 Å². The largest absolute Gasteiger partial charge is 0.344 e. The first kappa shape index (κ1) is 17.6. The fraction of sp³-hybridized carbons (Fsp3) is 0.0952. The van der Waals surface area contributed by atoms with Crippen LogP contribution in [0.15, 0.2) is 89.8 Å². The Hall–Kier alpha value is -2.23. The zero-order valence-corrected chi connectivity index (χ0v) is 15.1. The Bertz CT molecular complexity index is 767. The Balaban J connectivity index is 1.69. The second kappa shape index (κ2) is 8.75. The molecule has 0 spiro atoms. The van der Waals surface area contributed by atoms with Crippen LogP contribution in [0.3, 0.4) is 0 Å². The van der Waals surface area contributed by atoms with Gasteiger partial charge in [0.2, 0.25) is 5.91 Å². The number of nitrogens with one attached hydrogen (secondary N) is 1. The van der Waals surface area contributed by atoms with E-state index >= 15 is 0 Å². The quantitative estimate of drug-likeness (QED) is 0.596. The van der Waals surface area contributed by atoms with Gasteiger partial charge < -0.3 is 5.32 Å². The molecule has 2 nitrogen and oxygen atoms in total. The molecule has 0 aliphatic heterocycles. The van der Waals surface area contributed by atoms with Crippen LogP contribution in [-0.2, 0) is 4.79 Å². The molecule has 0 atom stereocenters. The van der Waals surface area contributed by atoms with Crippen molar-refractivity contribution in [3.8, 4) is 0 Å². The predicted octanol–water partition coefficient (Wildman–Crippen LogP) is 5.34. The summed E-state index contributed by atoms with van der Waals surface area (Å²) in [6, 6.07) is 27.4. The lowest BCUT2D eigenvalue weighted by molar-refractivity contribution is -0.119. The Morgan fingerprint density at radius 3 is 1.88 bits per heavy atom. The molecule has 25 heavy (non-hydrogen) atoms. The molecule has 0 heterocycles. The molecule has 0 radical (unpaired) electrons. The topological polar surface area (TPSA) is 29.1 Å². The monoisotopic (exact) mass is 367 g/mol. The molecule has 0 aliphatic rings.